The highest BCUT2D eigenvalue weighted by molar-refractivity contribution is 7.99. The standard InChI is InChI=1S/C18H18N2S/c1-3-11-21-18-10-5-4-9-17(18)20-14(2)16-8-6-7-15(12-16)13-19/h3-10,12,14,20H,1,11H2,2H3. The van der Waals surface area contributed by atoms with Gasteiger partial charge in [-0.3, -0.25) is 0 Å². The maximum absolute atomic E-state index is 8.99. The molecule has 1 N–H and O–H groups in total. The minimum absolute atomic E-state index is 0.142. The molecule has 2 nitrogen and oxygen atoms in total. The zero-order valence-corrected chi connectivity index (χ0v) is 12.9. The third-order valence-corrected chi connectivity index (χ3v) is 4.20. The van der Waals surface area contributed by atoms with E-state index in [9.17, 15) is 0 Å². The maximum atomic E-state index is 8.99. The Hall–Kier alpha value is -2.18. The minimum atomic E-state index is 0.142. The van der Waals surface area contributed by atoms with Crippen LogP contribution in [0.25, 0.3) is 0 Å². The number of nitrogens with zero attached hydrogens (tertiary/aromatic N) is 1. The van der Waals surface area contributed by atoms with Crippen molar-refractivity contribution in [3.05, 3.63) is 72.3 Å². The van der Waals surface area contributed by atoms with Crippen molar-refractivity contribution < 1.29 is 0 Å². The van der Waals surface area contributed by atoms with Gasteiger partial charge in [-0.2, -0.15) is 5.26 Å². The molecule has 0 bridgehead atoms. The van der Waals surface area contributed by atoms with Crippen LogP contribution in [-0.2, 0) is 0 Å². The first kappa shape index (κ1) is 15.2. The Morgan fingerprint density at radius 3 is 2.86 bits per heavy atom. The molecule has 0 amide bonds. The van der Waals surface area contributed by atoms with Crippen molar-refractivity contribution in [2.24, 2.45) is 0 Å². The molecule has 0 aliphatic carbocycles. The van der Waals surface area contributed by atoms with Gasteiger partial charge in [0.1, 0.15) is 0 Å². The fraction of sp³-hybridized carbons (Fsp3) is 0.167. The predicted octanol–water partition coefficient (Wildman–Crippen LogP) is 5.01. The van der Waals surface area contributed by atoms with Crippen LogP contribution in [0.3, 0.4) is 0 Å². The van der Waals surface area contributed by atoms with E-state index in [2.05, 4.69) is 37.0 Å². The van der Waals surface area contributed by atoms with Gasteiger partial charge in [-0.05, 0) is 36.8 Å². The number of thioether (sulfide) groups is 1. The zero-order chi connectivity index (χ0) is 15.1. The fourth-order valence-corrected chi connectivity index (χ4v) is 2.81. The van der Waals surface area contributed by atoms with E-state index < -0.39 is 0 Å². The van der Waals surface area contributed by atoms with E-state index in [0.29, 0.717) is 5.56 Å². The van der Waals surface area contributed by atoms with E-state index >= 15 is 0 Å². The van der Waals surface area contributed by atoms with Gasteiger partial charge in [-0.15, -0.1) is 18.3 Å². The van der Waals surface area contributed by atoms with Gasteiger partial charge in [0.25, 0.3) is 0 Å². The quantitative estimate of drug-likeness (QED) is 0.601. The van der Waals surface area contributed by atoms with Gasteiger partial charge in [0.05, 0.1) is 11.6 Å². The van der Waals surface area contributed by atoms with Gasteiger partial charge in [0.2, 0.25) is 0 Å². The minimum Gasteiger partial charge on any atom is -0.378 e. The van der Waals surface area contributed by atoms with E-state index in [0.717, 1.165) is 17.0 Å². The summed E-state index contributed by atoms with van der Waals surface area (Å²) in [5, 5.41) is 12.5. The van der Waals surface area contributed by atoms with Crippen molar-refractivity contribution >= 4 is 17.4 Å². The number of benzene rings is 2. The lowest BCUT2D eigenvalue weighted by atomic mass is 10.1. The Kier molecular flexibility index (Phi) is 5.48. The van der Waals surface area contributed by atoms with Gasteiger partial charge >= 0.3 is 0 Å². The number of hydrogen-bond acceptors (Lipinski definition) is 3. The molecule has 1 atom stereocenters. The average Bonchev–Trinajstić information content (AvgIpc) is 2.54. The number of nitrogens with one attached hydrogen (secondary N) is 1. The predicted molar refractivity (Wildman–Crippen MR) is 90.6 cm³/mol. The van der Waals surface area contributed by atoms with Crippen LogP contribution in [-0.4, -0.2) is 5.75 Å². The monoisotopic (exact) mass is 294 g/mol. The Balaban J connectivity index is 2.17. The summed E-state index contributed by atoms with van der Waals surface area (Å²) in [5.41, 5.74) is 2.91. The summed E-state index contributed by atoms with van der Waals surface area (Å²) in [7, 11) is 0. The molecule has 0 spiro atoms. The third-order valence-electron chi connectivity index (χ3n) is 3.13. The van der Waals surface area contributed by atoms with Gasteiger partial charge in [0.15, 0.2) is 0 Å². The molecule has 0 saturated carbocycles. The Bertz CT molecular complexity index is 658. The number of para-hydroxylation sites is 1. The summed E-state index contributed by atoms with van der Waals surface area (Å²) in [6.07, 6.45) is 1.90. The van der Waals surface area contributed by atoms with E-state index in [1.807, 2.05) is 42.5 Å². The summed E-state index contributed by atoms with van der Waals surface area (Å²) >= 11 is 1.76. The molecule has 21 heavy (non-hydrogen) atoms. The molecule has 2 aromatic rings. The van der Waals surface area contributed by atoms with Crippen molar-refractivity contribution in [1.29, 1.82) is 5.26 Å². The smallest absolute Gasteiger partial charge is 0.0991 e. The Morgan fingerprint density at radius 1 is 1.29 bits per heavy atom. The van der Waals surface area contributed by atoms with Crippen LogP contribution in [0.5, 0.6) is 0 Å². The first-order valence-corrected chi connectivity index (χ1v) is 7.82. The Labute approximate surface area is 130 Å². The molecular formula is C18H18N2S. The van der Waals surface area contributed by atoms with Crippen molar-refractivity contribution in [3.8, 4) is 6.07 Å². The highest BCUT2D eigenvalue weighted by Crippen LogP contribution is 2.30. The maximum Gasteiger partial charge on any atom is 0.0991 e. The molecule has 0 aliphatic heterocycles. The average molecular weight is 294 g/mol. The molecule has 0 radical (unpaired) electrons. The van der Waals surface area contributed by atoms with Crippen LogP contribution in [0.1, 0.15) is 24.1 Å². The first-order valence-electron chi connectivity index (χ1n) is 6.84. The van der Waals surface area contributed by atoms with Crippen molar-refractivity contribution in [1.82, 2.24) is 0 Å². The largest absolute Gasteiger partial charge is 0.378 e. The molecule has 0 fully saturated rings. The van der Waals surface area contributed by atoms with Crippen LogP contribution in [0.15, 0.2) is 66.1 Å². The topological polar surface area (TPSA) is 35.8 Å². The molecule has 3 heteroatoms. The van der Waals surface area contributed by atoms with E-state index in [1.165, 1.54) is 4.90 Å². The van der Waals surface area contributed by atoms with Crippen LogP contribution >= 0.6 is 11.8 Å². The normalized spacial score (nSPS) is 11.4. The summed E-state index contributed by atoms with van der Waals surface area (Å²) < 4.78 is 0. The highest BCUT2D eigenvalue weighted by Gasteiger charge is 2.08. The molecule has 0 heterocycles. The van der Waals surface area contributed by atoms with Gasteiger partial charge < -0.3 is 5.32 Å². The van der Waals surface area contributed by atoms with Crippen LogP contribution in [0.4, 0.5) is 5.69 Å². The first-order chi connectivity index (χ1) is 10.2. The molecule has 106 valence electrons. The summed E-state index contributed by atoms with van der Waals surface area (Å²) in [6, 6.07) is 18.3. The number of rotatable bonds is 6. The van der Waals surface area contributed by atoms with Crippen molar-refractivity contribution in [3.63, 3.8) is 0 Å². The van der Waals surface area contributed by atoms with E-state index in [1.54, 1.807) is 11.8 Å². The number of anilines is 1. The fourth-order valence-electron chi connectivity index (χ4n) is 2.05. The van der Waals surface area contributed by atoms with E-state index in [-0.39, 0.29) is 6.04 Å². The molecule has 2 aromatic carbocycles. The molecule has 1 unspecified atom stereocenters. The lowest BCUT2D eigenvalue weighted by Gasteiger charge is -2.18. The number of nitriles is 1. The molecule has 0 aromatic heterocycles. The zero-order valence-electron chi connectivity index (χ0n) is 12.0. The third kappa shape index (κ3) is 4.14. The second-order valence-corrected chi connectivity index (χ2v) is 5.76. The second kappa shape index (κ2) is 7.56. The summed E-state index contributed by atoms with van der Waals surface area (Å²) in [4.78, 5) is 1.21. The van der Waals surface area contributed by atoms with Crippen molar-refractivity contribution in [2.45, 2.75) is 17.9 Å². The SMILES string of the molecule is C=CCSc1ccccc1NC(C)c1cccc(C#N)c1. The molecule has 0 saturated heterocycles. The molecular weight excluding hydrogens is 276 g/mol. The summed E-state index contributed by atoms with van der Waals surface area (Å²) in [5.74, 6) is 0.886. The van der Waals surface area contributed by atoms with E-state index in [4.69, 9.17) is 5.26 Å². The van der Waals surface area contributed by atoms with Crippen LogP contribution in [0.2, 0.25) is 0 Å². The Morgan fingerprint density at radius 2 is 2.10 bits per heavy atom. The number of hydrogen-bond donors (Lipinski definition) is 1. The lowest BCUT2D eigenvalue weighted by Crippen LogP contribution is -2.07. The molecule has 0 aliphatic rings. The van der Waals surface area contributed by atoms with Gasteiger partial charge in [0, 0.05) is 22.4 Å². The van der Waals surface area contributed by atoms with Crippen LogP contribution in [0, 0.1) is 11.3 Å². The van der Waals surface area contributed by atoms with Gasteiger partial charge in [-0.25, -0.2) is 0 Å². The lowest BCUT2D eigenvalue weighted by molar-refractivity contribution is 0.879. The summed E-state index contributed by atoms with van der Waals surface area (Å²) in [6.45, 7) is 5.86. The van der Waals surface area contributed by atoms with Gasteiger partial charge in [-0.1, -0.05) is 30.3 Å². The highest BCUT2D eigenvalue weighted by atomic mass is 32.2. The van der Waals surface area contributed by atoms with Crippen molar-refractivity contribution in [2.75, 3.05) is 11.1 Å². The second-order valence-electron chi connectivity index (χ2n) is 4.70. The molecule has 2 rings (SSSR count). The van der Waals surface area contributed by atoms with Crippen LogP contribution < -0.4 is 5.32 Å².